The number of benzene rings is 1. The lowest BCUT2D eigenvalue weighted by atomic mass is 10.3. The van der Waals surface area contributed by atoms with Crippen LogP contribution in [0.4, 0.5) is 0 Å². The van der Waals surface area contributed by atoms with Gasteiger partial charge in [-0.3, -0.25) is 9.59 Å². The van der Waals surface area contributed by atoms with Gasteiger partial charge >= 0.3 is 5.97 Å². The Morgan fingerprint density at radius 3 is 2.29 bits per heavy atom. The van der Waals surface area contributed by atoms with E-state index in [-0.39, 0.29) is 0 Å². The first-order valence-electron chi connectivity index (χ1n) is 5.09. The van der Waals surface area contributed by atoms with Gasteiger partial charge in [-0.1, -0.05) is 18.2 Å². The first kappa shape index (κ1) is 12.9. The summed E-state index contributed by atoms with van der Waals surface area (Å²) in [6.07, 6.45) is 0. The van der Waals surface area contributed by atoms with E-state index in [2.05, 4.69) is 5.32 Å². The molecule has 1 aromatic carbocycles. The van der Waals surface area contributed by atoms with Crippen LogP contribution in [-0.2, 0) is 14.4 Å². The average Bonchev–Trinajstić information content (AvgIpc) is 2.29. The highest BCUT2D eigenvalue weighted by molar-refractivity contribution is 6.35. The maximum atomic E-state index is 11.5. The highest BCUT2D eigenvalue weighted by atomic mass is 16.5. The molecule has 0 aliphatic heterocycles. The summed E-state index contributed by atoms with van der Waals surface area (Å²) in [7, 11) is 0. The van der Waals surface area contributed by atoms with Gasteiger partial charge in [0.25, 0.3) is 5.91 Å². The third-order valence-electron chi connectivity index (χ3n) is 1.98. The minimum atomic E-state index is -0.869. The number of ether oxygens (including phenoxy) is 1. The molecular formula is C12H13NO4. The summed E-state index contributed by atoms with van der Waals surface area (Å²) in [5.41, 5.74) is 0. The molecule has 0 saturated carbocycles. The van der Waals surface area contributed by atoms with Crippen molar-refractivity contribution in [2.24, 2.45) is 0 Å². The zero-order valence-corrected chi connectivity index (χ0v) is 9.60. The molecule has 0 fully saturated rings. The Bertz CT molecular complexity index is 427. The van der Waals surface area contributed by atoms with Crippen molar-refractivity contribution in [3.63, 3.8) is 0 Å². The maximum absolute atomic E-state index is 11.5. The molecule has 1 aromatic rings. The predicted octanol–water partition coefficient (Wildman–Crippen LogP) is 0.686. The molecule has 1 rings (SSSR count). The minimum Gasteiger partial charge on any atom is -0.425 e. The highest BCUT2D eigenvalue weighted by Crippen LogP contribution is 2.09. The lowest BCUT2D eigenvalue weighted by Gasteiger charge is -2.11. The molecule has 1 amide bonds. The van der Waals surface area contributed by atoms with E-state index in [1.54, 1.807) is 30.3 Å². The van der Waals surface area contributed by atoms with E-state index < -0.39 is 23.7 Å². The molecule has 1 N–H and O–H groups in total. The van der Waals surface area contributed by atoms with Gasteiger partial charge in [-0.15, -0.1) is 0 Å². The quantitative estimate of drug-likeness (QED) is 0.473. The number of para-hydroxylation sites is 1. The van der Waals surface area contributed by atoms with E-state index in [4.69, 9.17) is 4.74 Å². The molecule has 90 valence electrons. The number of Topliss-reactive ketones (excluding diaryl/α,β-unsaturated/α-hetero) is 1. The number of ketones is 1. The minimum absolute atomic E-state index is 0.390. The third kappa shape index (κ3) is 4.06. The summed E-state index contributed by atoms with van der Waals surface area (Å²) in [5, 5.41) is 2.24. The number of carbonyl (C=O) groups is 3. The maximum Gasteiger partial charge on any atom is 0.333 e. The van der Waals surface area contributed by atoms with Crippen LogP contribution in [0.25, 0.3) is 0 Å². The van der Waals surface area contributed by atoms with Gasteiger partial charge in [-0.25, -0.2) is 4.79 Å². The Labute approximate surface area is 98.8 Å². The highest BCUT2D eigenvalue weighted by Gasteiger charge is 2.19. The number of carbonyl (C=O) groups excluding carboxylic acids is 3. The summed E-state index contributed by atoms with van der Waals surface area (Å²) >= 11 is 0. The van der Waals surface area contributed by atoms with E-state index in [9.17, 15) is 14.4 Å². The van der Waals surface area contributed by atoms with E-state index >= 15 is 0 Å². The SMILES string of the molecule is CC(=O)C(=O)NC(C)C(=O)Oc1ccccc1. The molecule has 0 radical (unpaired) electrons. The first-order chi connectivity index (χ1) is 8.00. The zero-order chi connectivity index (χ0) is 12.8. The second-order valence-corrected chi connectivity index (χ2v) is 3.49. The number of hydrogen-bond donors (Lipinski definition) is 1. The Morgan fingerprint density at radius 1 is 1.18 bits per heavy atom. The third-order valence-corrected chi connectivity index (χ3v) is 1.98. The van der Waals surface area contributed by atoms with Crippen molar-refractivity contribution in [3.8, 4) is 5.75 Å². The van der Waals surface area contributed by atoms with Crippen molar-refractivity contribution in [3.05, 3.63) is 30.3 Å². The predicted molar refractivity (Wildman–Crippen MR) is 60.4 cm³/mol. The van der Waals surface area contributed by atoms with Crippen LogP contribution in [0.2, 0.25) is 0 Å². The van der Waals surface area contributed by atoms with Gasteiger partial charge in [0.15, 0.2) is 0 Å². The average molecular weight is 235 g/mol. The molecule has 0 heterocycles. The second kappa shape index (κ2) is 5.79. The van der Waals surface area contributed by atoms with Gasteiger partial charge in [-0.05, 0) is 19.1 Å². The molecule has 5 nitrogen and oxygen atoms in total. The lowest BCUT2D eigenvalue weighted by Crippen LogP contribution is -2.43. The number of nitrogens with one attached hydrogen (secondary N) is 1. The summed E-state index contributed by atoms with van der Waals surface area (Å²) in [4.78, 5) is 33.3. The molecule has 17 heavy (non-hydrogen) atoms. The van der Waals surface area contributed by atoms with Crippen LogP contribution >= 0.6 is 0 Å². The summed E-state index contributed by atoms with van der Waals surface area (Å²) in [6, 6.07) is 7.61. The lowest BCUT2D eigenvalue weighted by molar-refractivity contribution is -0.141. The topological polar surface area (TPSA) is 72.5 Å². The van der Waals surface area contributed by atoms with E-state index in [1.165, 1.54) is 6.92 Å². The van der Waals surface area contributed by atoms with Gasteiger partial charge in [0.1, 0.15) is 11.8 Å². The van der Waals surface area contributed by atoms with Crippen LogP contribution in [0.3, 0.4) is 0 Å². The Morgan fingerprint density at radius 2 is 1.76 bits per heavy atom. The van der Waals surface area contributed by atoms with Crippen LogP contribution in [0, 0.1) is 0 Å². The molecule has 0 aromatic heterocycles. The van der Waals surface area contributed by atoms with Crippen molar-refractivity contribution in [1.29, 1.82) is 0 Å². The molecule has 0 bridgehead atoms. The molecular weight excluding hydrogens is 222 g/mol. The fraction of sp³-hybridized carbons (Fsp3) is 0.250. The van der Waals surface area contributed by atoms with Crippen molar-refractivity contribution in [1.82, 2.24) is 5.32 Å². The van der Waals surface area contributed by atoms with Crippen molar-refractivity contribution >= 4 is 17.7 Å². The largest absolute Gasteiger partial charge is 0.425 e. The Hall–Kier alpha value is -2.17. The number of rotatable bonds is 4. The van der Waals surface area contributed by atoms with Gasteiger partial charge in [0.05, 0.1) is 0 Å². The molecule has 0 aliphatic rings. The van der Waals surface area contributed by atoms with Gasteiger partial charge in [0.2, 0.25) is 5.78 Å². The monoisotopic (exact) mass is 235 g/mol. The summed E-state index contributed by atoms with van der Waals surface area (Å²) in [5.74, 6) is -1.68. The van der Waals surface area contributed by atoms with Crippen molar-refractivity contribution in [2.75, 3.05) is 0 Å². The number of amides is 1. The fourth-order valence-electron chi connectivity index (χ4n) is 1.05. The molecule has 5 heteroatoms. The molecule has 0 aliphatic carbocycles. The van der Waals surface area contributed by atoms with Crippen LogP contribution in [0.15, 0.2) is 30.3 Å². The number of hydrogen-bond acceptors (Lipinski definition) is 4. The van der Waals surface area contributed by atoms with E-state index in [0.717, 1.165) is 6.92 Å². The smallest absolute Gasteiger partial charge is 0.333 e. The second-order valence-electron chi connectivity index (χ2n) is 3.49. The van der Waals surface area contributed by atoms with Crippen LogP contribution in [-0.4, -0.2) is 23.7 Å². The molecule has 0 saturated heterocycles. The van der Waals surface area contributed by atoms with Gasteiger partial charge in [0, 0.05) is 6.92 Å². The normalized spacial score (nSPS) is 11.4. The Balaban J connectivity index is 2.53. The van der Waals surface area contributed by atoms with Gasteiger partial charge in [-0.2, -0.15) is 0 Å². The van der Waals surface area contributed by atoms with Gasteiger partial charge < -0.3 is 10.1 Å². The van der Waals surface area contributed by atoms with Crippen LogP contribution < -0.4 is 10.1 Å². The van der Waals surface area contributed by atoms with E-state index in [1.807, 2.05) is 0 Å². The molecule has 1 atom stereocenters. The number of esters is 1. The molecule has 1 unspecified atom stereocenters. The fourth-order valence-corrected chi connectivity index (χ4v) is 1.05. The summed E-state index contributed by atoms with van der Waals surface area (Å²) in [6.45, 7) is 2.58. The standard InChI is InChI=1S/C12H13NO4/c1-8(13-11(15)9(2)14)12(16)17-10-6-4-3-5-7-10/h3-8H,1-2H3,(H,13,15). The first-order valence-corrected chi connectivity index (χ1v) is 5.09. The Kier molecular flexibility index (Phi) is 4.39. The van der Waals surface area contributed by atoms with Crippen LogP contribution in [0.5, 0.6) is 5.75 Å². The van der Waals surface area contributed by atoms with E-state index in [0.29, 0.717) is 5.75 Å². The van der Waals surface area contributed by atoms with Crippen LogP contribution in [0.1, 0.15) is 13.8 Å². The summed E-state index contributed by atoms with van der Waals surface area (Å²) < 4.78 is 4.99. The molecule has 0 spiro atoms. The van der Waals surface area contributed by atoms with Crippen molar-refractivity contribution < 1.29 is 19.1 Å². The van der Waals surface area contributed by atoms with Crippen molar-refractivity contribution in [2.45, 2.75) is 19.9 Å². The zero-order valence-electron chi connectivity index (χ0n) is 9.60.